The van der Waals surface area contributed by atoms with Gasteiger partial charge in [0.05, 0.1) is 43.7 Å². The van der Waals surface area contributed by atoms with Gasteiger partial charge in [-0.2, -0.15) is 0 Å². The molecule has 2 aromatic rings. The minimum absolute atomic E-state index is 0.0364. The summed E-state index contributed by atoms with van der Waals surface area (Å²) in [6.45, 7) is 11.1. The van der Waals surface area contributed by atoms with E-state index in [-0.39, 0.29) is 29.8 Å². The number of rotatable bonds is 5. The van der Waals surface area contributed by atoms with Crippen LogP contribution in [0.1, 0.15) is 37.6 Å². The Morgan fingerprint density at radius 2 is 1.89 bits per heavy atom. The lowest BCUT2D eigenvalue weighted by Gasteiger charge is -2.39. The molecule has 5 rings (SSSR count). The van der Waals surface area contributed by atoms with E-state index in [1.54, 1.807) is 0 Å². The second-order valence-electron chi connectivity index (χ2n) is 11.1. The van der Waals surface area contributed by atoms with Gasteiger partial charge in [-0.15, -0.1) is 0 Å². The van der Waals surface area contributed by atoms with Crippen LogP contribution in [0.4, 0.5) is 5.69 Å². The molecule has 0 bridgehead atoms. The molecule has 3 aliphatic heterocycles. The van der Waals surface area contributed by atoms with Crippen LogP contribution in [-0.2, 0) is 26.2 Å². The normalized spacial score (nSPS) is 24.0. The number of aromatic nitrogens is 1. The first-order chi connectivity index (χ1) is 17.3. The zero-order valence-corrected chi connectivity index (χ0v) is 21.7. The van der Waals surface area contributed by atoms with Crippen molar-refractivity contribution < 1.29 is 19.6 Å². The summed E-state index contributed by atoms with van der Waals surface area (Å²) in [6, 6.07) is 12.5. The average molecular weight is 493 g/mol. The molecule has 8 heteroatoms. The minimum atomic E-state index is -0.291. The van der Waals surface area contributed by atoms with Crippen molar-refractivity contribution in [2.24, 2.45) is 0 Å². The van der Waals surface area contributed by atoms with Crippen molar-refractivity contribution in [3.8, 4) is 0 Å². The number of amides is 2. The summed E-state index contributed by atoms with van der Waals surface area (Å²) in [5, 5.41) is 2.22. The van der Waals surface area contributed by atoms with E-state index in [1.807, 2.05) is 34.2 Å². The third kappa shape index (κ3) is 5.16. The monoisotopic (exact) mass is 492 g/mol. The predicted octanol–water partition coefficient (Wildman–Crippen LogP) is 0.792. The molecule has 8 nitrogen and oxygen atoms in total. The highest BCUT2D eigenvalue weighted by molar-refractivity contribution is 5.97. The standard InChI is InChI=1S/C28H37N5O3/c1-20-17-32(24(16-29-20)27(35)31-9-11-36-12-10-31)18-25(34)33-19-28(2,3)26-23(33)14-22(15-30-26)13-21-7-5-4-6-8-21/h4-8,14-15,20,24,29H,9-13,16-19H2,1-3H3/p+1/t20-,24-/m1/s1. The van der Waals surface area contributed by atoms with Gasteiger partial charge in [0.1, 0.15) is 12.6 Å². The summed E-state index contributed by atoms with van der Waals surface area (Å²) in [6.07, 6.45) is 2.72. The summed E-state index contributed by atoms with van der Waals surface area (Å²) >= 11 is 0. The largest absolute Gasteiger partial charge is 0.378 e. The Balaban J connectivity index is 1.35. The van der Waals surface area contributed by atoms with E-state index in [0.29, 0.717) is 52.0 Å². The Kier molecular flexibility index (Phi) is 7.10. The van der Waals surface area contributed by atoms with Crippen LogP contribution in [0, 0.1) is 0 Å². The van der Waals surface area contributed by atoms with E-state index in [2.05, 4.69) is 49.2 Å². The Morgan fingerprint density at radius 3 is 2.64 bits per heavy atom. The number of piperazine rings is 1. The Bertz CT molecular complexity index is 1100. The van der Waals surface area contributed by atoms with Crippen molar-refractivity contribution >= 4 is 17.5 Å². The molecule has 0 radical (unpaired) electrons. The smallest absolute Gasteiger partial charge is 0.245 e. The number of carbonyl (C=O) groups is 2. The molecule has 2 amide bonds. The number of nitrogens with zero attached hydrogens (tertiary/aromatic N) is 4. The van der Waals surface area contributed by atoms with Crippen LogP contribution in [0.15, 0.2) is 42.6 Å². The quantitative estimate of drug-likeness (QED) is 0.668. The van der Waals surface area contributed by atoms with Crippen molar-refractivity contribution in [2.75, 3.05) is 57.4 Å². The van der Waals surface area contributed by atoms with Crippen molar-refractivity contribution in [3.63, 3.8) is 0 Å². The lowest BCUT2D eigenvalue weighted by Crippen LogP contribution is -2.97. The molecular formula is C28H38N5O3+. The molecule has 36 heavy (non-hydrogen) atoms. The van der Waals surface area contributed by atoms with Gasteiger partial charge in [0, 0.05) is 31.2 Å². The number of hydrogen-bond acceptors (Lipinski definition) is 5. The molecule has 2 atom stereocenters. The van der Waals surface area contributed by atoms with Gasteiger partial charge in [-0.25, -0.2) is 0 Å². The lowest BCUT2D eigenvalue weighted by molar-refractivity contribution is -0.698. The van der Waals surface area contributed by atoms with E-state index in [0.717, 1.165) is 23.4 Å². The first kappa shape index (κ1) is 24.9. The zero-order valence-electron chi connectivity index (χ0n) is 21.7. The van der Waals surface area contributed by atoms with Crippen LogP contribution < -0.4 is 10.2 Å². The number of quaternary nitrogens is 1. The Hall–Kier alpha value is -2.81. The van der Waals surface area contributed by atoms with Crippen LogP contribution in [-0.4, -0.2) is 91.2 Å². The number of benzene rings is 1. The van der Waals surface area contributed by atoms with Gasteiger partial charge in [-0.1, -0.05) is 44.2 Å². The third-order valence-electron chi connectivity index (χ3n) is 7.63. The van der Waals surface area contributed by atoms with E-state index >= 15 is 0 Å². The van der Waals surface area contributed by atoms with Gasteiger partial charge < -0.3 is 19.9 Å². The molecule has 1 aromatic heterocycles. The molecule has 1 aromatic carbocycles. The van der Waals surface area contributed by atoms with Gasteiger partial charge in [0.2, 0.25) is 11.8 Å². The van der Waals surface area contributed by atoms with E-state index in [9.17, 15) is 9.59 Å². The van der Waals surface area contributed by atoms with Crippen LogP contribution in [0.3, 0.4) is 0 Å². The van der Waals surface area contributed by atoms with Gasteiger partial charge in [0.15, 0.2) is 0 Å². The van der Waals surface area contributed by atoms with Crippen molar-refractivity contribution in [1.29, 1.82) is 0 Å². The highest BCUT2D eigenvalue weighted by atomic mass is 16.5. The predicted molar refractivity (Wildman–Crippen MR) is 138 cm³/mol. The van der Waals surface area contributed by atoms with Crippen LogP contribution in [0.25, 0.3) is 0 Å². The topological polar surface area (TPSA) is 82.6 Å². The first-order valence-corrected chi connectivity index (χ1v) is 13.1. The summed E-state index contributed by atoms with van der Waals surface area (Å²) in [7, 11) is 0. The summed E-state index contributed by atoms with van der Waals surface area (Å²) in [4.78, 5) is 37.9. The SMILES string of the molecule is C[C@@H]1CN(CC(=O)N2CC(C)(C)c3ncc(Cc4ccccc4)cc32)[C@@H](C(=O)N2CCOCC2)C[NH2+]1. The van der Waals surface area contributed by atoms with Crippen LogP contribution >= 0.6 is 0 Å². The molecule has 2 fully saturated rings. The maximum absolute atomic E-state index is 13.8. The Labute approximate surface area is 213 Å². The maximum atomic E-state index is 13.8. The van der Waals surface area contributed by atoms with Gasteiger partial charge in [0.25, 0.3) is 0 Å². The van der Waals surface area contributed by atoms with E-state index < -0.39 is 0 Å². The second-order valence-corrected chi connectivity index (χ2v) is 11.1. The summed E-state index contributed by atoms with van der Waals surface area (Å²) < 4.78 is 5.43. The summed E-state index contributed by atoms with van der Waals surface area (Å²) in [5.41, 5.74) is 3.97. The molecule has 0 saturated carbocycles. The molecule has 2 saturated heterocycles. The molecule has 3 aliphatic rings. The molecule has 0 unspecified atom stereocenters. The minimum Gasteiger partial charge on any atom is -0.378 e. The van der Waals surface area contributed by atoms with Crippen molar-refractivity contribution in [1.82, 2.24) is 14.8 Å². The molecule has 2 N–H and O–H groups in total. The highest BCUT2D eigenvalue weighted by Crippen LogP contribution is 2.39. The van der Waals surface area contributed by atoms with E-state index in [1.165, 1.54) is 5.56 Å². The Morgan fingerprint density at radius 1 is 1.14 bits per heavy atom. The fourth-order valence-electron chi connectivity index (χ4n) is 5.70. The number of carbonyl (C=O) groups excluding carboxylic acids is 2. The first-order valence-electron chi connectivity index (χ1n) is 13.1. The zero-order chi connectivity index (χ0) is 25.3. The molecule has 4 heterocycles. The second kappa shape index (κ2) is 10.3. The molecule has 0 spiro atoms. The number of ether oxygens (including phenoxy) is 1. The van der Waals surface area contributed by atoms with Crippen molar-refractivity contribution in [3.05, 3.63) is 59.4 Å². The molecule has 0 aliphatic carbocycles. The molecule has 192 valence electrons. The number of pyridine rings is 1. The van der Waals surface area contributed by atoms with E-state index in [4.69, 9.17) is 9.72 Å². The fraction of sp³-hybridized carbons (Fsp3) is 0.536. The highest BCUT2D eigenvalue weighted by Gasteiger charge is 2.42. The number of anilines is 1. The molecular weight excluding hydrogens is 454 g/mol. The lowest BCUT2D eigenvalue weighted by atomic mass is 9.91. The maximum Gasteiger partial charge on any atom is 0.245 e. The van der Waals surface area contributed by atoms with Gasteiger partial charge in [-0.05, 0) is 30.5 Å². The van der Waals surface area contributed by atoms with Gasteiger partial charge in [-0.3, -0.25) is 19.5 Å². The fourth-order valence-corrected chi connectivity index (χ4v) is 5.70. The summed E-state index contributed by atoms with van der Waals surface area (Å²) in [5.74, 6) is 0.151. The number of nitrogens with two attached hydrogens (primary N) is 1. The van der Waals surface area contributed by atoms with Crippen LogP contribution in [0.5, 0.6) is 0 Å². The average Bonchev–Trinajstić information content (AvgIpc) is 3.15. The third-order valence-corrected chi connectivity index (χ3v) is 7.63. The number of morpholine rings is 1. The van der Waals surface area contributed by atoms with Crippen LogP contribution in [0.2, 0.25) is 0 Å². The van der Waals surface area contributed by atoms with Gasteiger partial charge >= 0.3 is 0 Å². The van der Waals surface area contributed by atoms with Crippen molar-refractivity contribution in [2.45, 2.75) is 44.7 Å². The number of fused-ring (bicyclic) bond motifs is 1. The number of hydrogen-bond donors (Lipinski definition) is 1.